The number of aromatic nitrogens is 5. The van der Waals surface area contributed by atoms with Crippen LogP contribution in [0.25, 0.3) is 11.0 Å². The predicted octanol–water partition coefficient (Wildman–Crippen LogP) is 1.53. The number of aryl methyl sites for hydroxylation is 1. The molecule has 1 amide bonds. The van der Waals surface area contributed by atoms with Crippen molar-refractivity contribution in [2.45, 2.75) is 24.9 Å². The monoisotopic (exact) mass is 407 g/mol. The molecule has 3 aromatic rings. The summed E-state index contributed by atoms with van der Waals surface area (Å²) < 4.78 is 8.03. The molecule has 0 saturated carbocycles. The van der Waals surface area contributed by atoms with Crippen LogP contribution < -0.4 is 4.90 Å². The van der Waals surface area contributed by atoms with Gasteiger partial charge in [-0.3, -0.25) is 14.5 Å². The molecular formula is C21H25N7O2. The Balaban J connectivity index is 1.38. The van der Waals surface area contributed by atoms with Crippen LogP contribution in [0.1, 0.15) is 34.5 Å². The van der Waals surface area contributed by atoms with Gasteiger partial charge in [-0.05, 0) is 30.9 Å². The smallest absolute Gasteiger partial charge is 0.255 e. The molecule has 9 nitrogen and oxygen atoms in total. The molecular weight excluding hydrogens is 382 g/mol. The lowest BCUT2D eigenvalue weighted by Gasteiger charge is -2.44. The Morgan fingerprint density at radius 2 is 1.97 bits per heavy atom. The lowest BCUT2D eigenvalue weighted by Crippen LogP contribution is -2.49. The van der Waals surface area contributed by atoms with E-state index in [1.54, 1.807) is 17.1 Å². The Hall–Kier alpha value is -3.07. The number of piperidine rings is 1. The molecule has 0 unspecified atom stereocenters. The largest absolute Gasteiger partial charge is 0.368 e. The van der Waals surface area contributed by atoms with Gasteiger partial charge >= 0.3 is 0 Å². The van der Waals surface area contributed by atoms with Gasteiger partial charge in [0.2, 0.25) is 5.95 Å². The molecule has 5 rings (SSSR count). The van der Waals surface area contributed by atoms with E-state index in [1.807, 2.05) is 43.2 Å². The van der Waals surface area contributed by atoms with Crippen LogP contribution in [0.5, 0.6) is 0 Å². The molecule has 0 aromatic carbocycles. The average Bonchev–Trinajstić information content (AvgIpc) is 3.14. The average molecular weight is 407 g/mol. The minimum atomic E-state index is -0.442. The number of rotatable bonds is 2. The lowest BCUT2D eigenvalue weighted by molar-refractivity contribution is -0.0967. The number of carbonyl (C=O) groups excluding carboxylic acids is 1. The number of ether oxygens (including phenoxy) is 1. The van der Waals surface area contributed by atoms with Crippen molar-refractivity contribution in [3.63, 3.8) is 0 Å². The zero-order valence-corrected chi connectivity index (χ0v) is 17.5. The molecule has 1 saturated heterocycles. The van der Waals surface area contributed by atoms with Gasteiger partial charge in [0.25, 0.3) is 5.91 Å². The third-order valence-corrected chi connectivity index (χ3v) is 6.14. The summed E-state index contributed by atoms with van der Waals surface area (Å²) in [7, 11) is 5.73. The van der Waals surface area contributed by atoms with Gasteiger partial charge in [0, 0.05) is 46.6 Å². The normalized spacial score (nSPS) is 17.9. The molecule has 2 aliphatic heterocycles. The number of anilines is 1. The summed E-state index contributed by atoms with van der Waals surface area (Å²) in [4.78, 5) is 30.6. The topological polar surface area (TPSA) is 89.3 Å². The van der Waals surface area contributed by atoms with Gasteiger partial charge in [0.15, 0.2) is 0 Å². The number of hydrogen-bond acceptors (Lipinski definition) is 7. The number of fused-ring (bicyclic) bond motifs is 3. The van der Waals surface area contributed by atoms with E-state index in [1.165, 1.54) is 0 Å². The third-order valence-electron chi connectivity index (χ3n) is 6.14. The van der Waals surface area contributed by atoms with E-state index in [0.29, 0.717) is 31.2 Å². The van der Waals surface area contributed by atoms with Crippen molar-refractivity contribution in [2.24, 2.45) is 7.05 Å². The second kappa shape index (κ2) is 7.02. The van der Waals surface area contributed by atoms with E-state index in [-0.39, 0.29) is 5.91 Å². The number of hydrogen-bond donors (Lipinski definition) is 0. The molecule has 1 fully saturated rings. The second-order valence-corrected chi connectivity index (χ2v) is 8.22. The lowest BCUT2D eigenvalue weighted by atomic mass is 9.83. The predicted molar refractivity (Wildman–Crippen MR) is 111 cm³/mol. The first-order chi connectivity index (χ1) is 14.5. The van der Waals surface area contributed by atoms with Crippen LogP contribution in [0.15, 0.2) is 24.7 Å². The van der Waals surface area contributed by atoms with Crippen LogP contribution in [0.2, 0.25) is 0 Å². The first kappa shape index (κ1) is 18.9. The zero-order valence-electron chi connectivity index (χ0n) is 17.5. The van der Waals surface area contributed by atoms with Crippen LogP contribution in [0.4, 0.5) is 5.95 Å². The molecule has 30 heavy (non-hydrogen) atoms. The summed E-state index contributed by atoms with van der Waals surface area (Å²) in [5.41, 5.74) is 3.92. The van der Waals surface area contributed by atoms with Gasteiger partial charge in [-0.25, -0.2) is 9.97 Å². The molecule has 2 aliphatic rings. The minimum absolute atomic E-state index is 0.00634. The maximum absolute atomic E-state index is 13.1. The standard InChI is InChI=1S/C21H25N7O2/c1-26(2)20-23-11-14-4-9-30-21(18(14)25-20)5-7-28(8-6-21)19(29)15-10-17-16(22-12-15)13-24-27(17)3/h10-13H,4-9H2,1-3H3. The van der Waals surface area contributed by atoms with E-state index < -0.39 is 5.60 Å². The van der Waals surface area contributed by atoms with Gasteiger partial charge in [-0.1, -0.05) is 0 Å². The molecule has 0 aliphatic carbocycles. The summed E-state index contributed by atoms with van der Waals surface area (Å²) in [6.07, 6.45) is 7.53. The first-order valence-corrected chi connectivity index (χ1v) is 10.2. The van der Waals surface area contributed by atoms with Crippen molar-refractivity contribution < 1.29 is 9.53 Å². The van der Waals surface area contributed by atoms with E-state index in [2.05, 4.69) is 15.1 Å². The molecule has 0 atom stereocenters. The van der Waals surface area contributed by atoms with Gasteiger partial charge in [0.05, 0.1) is 29.6 Å². The molecule has 0 radical (unpaired) electrons. The first-order valence-electron chi connectivity index (χ1n) is 10.2. The number of carbonyl (C=O) groups is 1. The van der Waals surface area contributed by atoms with Crippen LogP contribution in [0.3, 0.4) is 0 Å². The van der Waals surface area contributed by atoms with E-state index >= 15 is 0 Å². The Bertz CT molecular complexity index is 1120. The number of pyridine rings is 1. The van der Waals surface area contributed by atoms with Gasteiger partial charge in [-0.2, -0.15) is 5.10 Å². The Labute approximate surface area is 174 Å². The summed E-state index contributed by atoms with van der Waals surface area (Å²) in [5, 5.41) is 4.20. The SMILES string of the molecule is CN(C)c1ncc2c(n1)C1(CCN(C(=O)c3cnc4cnn(C)c4c3)CC1)OCC2. The van der Waals surface area contributed by atoms with Crippen LogP contribution in [0, 0.1) is 0 Å². The number of nitrogens with zero attached hydrogens (tertiary/aromatic N) is 7. The highest BCUT2D eigenvalue weighted by atomic mass is 16.5. The fourth-order valence-corrected chi connectivity index (χ4v) is 4.39. The van der Waals surface area contributed by atoms with E-state index in [9.17, 15) is 4.79 Å². The van der Waals surface area contributed by atoms with E-state index in [0.717, 1.165) is 41.6 Å². The maximum atomic E-state index is 13.1. The van der Waals surface area contributed by atoms with Crippen molar-refractivity contribution >= 4 is 22.9 Å². The molecule has 156 valence electrons. The van der Waals surface area contributed by atoms with E-state index in [4.69, 9.17) is 9.72 Å². The molecule has 5 heterocycles. The summed E-state index contributed by atoms with van der Waals surface area (Å²) in [6, 6.07) is 1.87. The summed E-state index contributed by atoms with van der Waals surface area (Å²) >= 11 is 0. The van der Waals surface area contributed by atoms with Gasteiger partial charge < -0.3 is 14.5 Å². The fourth-order valence-electron chi connectivity index (χ4n) is 4.39. The Morgan fingerprint density at radius 1 is 1.17 bits per heavy atom. The van der Waals surface area contributed by atoms with Gasteiger partial charge in [0.1, 0.15) is 11.1 Å². The second-order valence-electron chi connectivity index (χ2n) is 8.22. The number of likely N-dealkylation sites (tertiary alicyclic amines) is 1. The number of amides is 1. The quantitative estimate of drug-likeness (QED) is 0.636. The Morgan fingerprint density at radius 3 is 2.73 bits per heavy atom. The van der Waals surface area contributed by atoms with Crippen molar-refractivity contribution in [1.29, 1.82) is 0 Å². The Kier molecular flexibility index (Phi) is 4.43. The van der Waals surface area contributed by atoms with Crippen molar-refractivity contribution in [3.8, 4) is 0 Å². The molecule has 3 aromatic heterocycles. The van der Waals surface area contributed by atoms with Gasteiger partial charge in [-0.15, -0.1) is 0 Å². The fraction of sp³-hybridized carbons (Fsp3) is 0.476. The summed E-state index contributed by atoms with van der Waals surface area (Å²) in [6.45, 7) is 1.89. The summed E-state index contributed by atoms with van der Waals surface area (Å²) in [5.74, 6) is 0.681. The van der Waals surface area contributed by atoms with Crippen molar-refractivity contribution in [1.82, 2.24) is 29.6 Å². The zero-order chi connectivity index (χ0) is 20.9. The molecule has 0 N–H and O–H groups in total. The van der Waals surface area contributed by atoms with Crippen LogP contribution in [-0.4, -0.2) is 69.3 Å². The maximum Gasteiger partial charge on any atom is 0.255 e. The van der Waals surface area contributed by atoms with Crippen molar-refractivity contribution in [2.75, 3.05) is 38.7 Å². The minimum Gasteiger partial charge on any atom is -0.368 e. The third kappa shape index (κ3) is 3.00. The van der Waals surface area contributed by atoms with Crippen molar-refractivity contribution in [3.05, 3.63) is 41.5 Å². The molecule has 9 heteroatoms. The highest BCUT2D eigenvalue weighted by Gasteiger charge is 2.43. The highest BCUT2D eigenvalue weighted by molar-refractivity contribution is 5.96. The molecule has 0 bridgehead atoms. The molecule has 1 spiro atoms. The van der Waals surface area contributed by atoms with Crippen LogP contribution >= 0.6 is 0 Å². The van der Waals surface area contributed by atoms with Crippen LogP contribution in [-0.2, 0) is 23.8 Å². The highest BCUT2D eigenvalue weighted by Crippen LogP contribution is 2.41.